The lowest BCUT2D eigenvalue weighted by Crippen LogP contribution is -2.38. The van der Waals surface area contributed by atoms with Crippen LogP contribution in [0.15, 0.2) is 23.6 Å². The summed E-state index contributed by atoms with van der Waals surface area (Å²) in [5.74, 6) is -1.54. The van der Waals surface area contributed by atoms with E-state index in [1.165, 1.54) is 18.3 Å². The molecular weight excluding hydrogens is 328 g/mol. The molecule has 24 heavy (non-hydrogen) atoms. The molecule has 7 nitrogen and oxygen atoms in total. The zero-order chi connectivity index (χ0) is 17.4. The second kappa shape index (κ2) is 6.04. The van der Waals surface area contributed by atoms with E-state index in [4.69, 9.17) is 5.11 Å². The van der Waals surface area contributed by atoms with Gasteiger partial charge in [-0.15, -0.1) is 11.3 Å². The van der Waals surface area contributed by atoms with E-state index in [1.807, 2.05) is 17.5 Å². The van der Waals surface area contributed by atoms with Gasteiger partial charge in [-0.25, -0.2) is 4.98 Å². The highest BCUT2D eigenvalue weighted by molar-refractivity contribution is 7.13. The maximum absolute atomic E-state index is 12.6. The van der Waals surface area contributed by atoms with Gasteiger partial charge in [0.25, 0.3) is 5.91 Å². The van der Waals surface area contributed by atoms with Gasteiger partial charge in [-0.2, -0.15) is 5.10 Å². The molecule has 1 amide bonds. The normalized spacial score (nSPS) is 12.3. The molecule has 3 aromatic heterocycles. The van der Waals surface area contributed by atoms with E-state index in [0.29, 0.717) is 28.0 Å². The minimum Gasteiger partial charge on any atom is -0.480 e. The molecule has 0 saturated carbocycles. The molecule has 2 N–H and O–H groups in total. The Kier molecular flexibility index (Phi) is 4.06. The quantitative estimate of drug-likeness (QED) is 0.756. The summed E-state index contributed by atoms with van der Waals surface area (Å²) in [5.41, 5.74) is 2.30. The molecule has 0 aromatic carbocycles. The van der Waals surface area contributed by atoms with Crippen molar-refractivity contribution in [2.45, 2.75) is 19.9 Å². The smallest absolute Gasteiger partial charge is 0.325 e. The average molecular weight is 344 g/mol. The first kappa shape index (κ1) is 16.1. The van der Waals surface area contributed by atoms with Crippen molar-refractivity contribution >= 4 is 34.2 Å². The van der Waals surface area contributed by atoms with Crippen molar-refractivity contribution in [3.63, 3.8) is 0 Å². The molecule has 0 saturated heterocycles. The minimum atomic E-state index is -1.09. The highest BCUT2D eigenvalue weighted by Crippen LogP contribution is 2.29. The largest absolute Gasteiger partial charge is 0.480 e. The van der Waals surface area contributed by atoms with Crippen LogP contribution in [0.25, 0.3) is 21.6 Å². The molecule has 0 radical (unpaired) electrons. The number of nitrogens with zero attached hydrogens (tertiary/aromatic N) is 3. The van der Waals surface area contributed by atoms with Crippen LogP contribution < -0.4 is 5.32 Å². The first-order valence-electron chi connectivity index (χ1n) is 7.30. The maximum Gasteiger partial charge on any atom is 0.325 e. The van der Waals surface area contributed by atoms with E-state index in [1.54, 1.807) is 24.7 Å². The summed E-state index contributed by atoms with van der Waals surface area (Å²) >= 11 is 1.52. The van der Waals surface area contributed by atoms with Gasteiger partial charge in [0.1, 0.15) is 6.04 Å². The lowest BCUT2D eigenvalue weighted by Gasteiger charge is -2.11. The number of carboxylic acids is 1. The lowest BCUT2D eigenvalue weighted by atomic mass is 10.1. The first-order valence-corrected chi connectivity index (χ1v) is 8.18. The van der Waals surface area contributed by atoms with Crippen molar-refractivity contribution in [2.75, 3.05) is 0 Å². The molecule has 124 valence electrons. The van der Waals surface area contributed by atoms with Crippen LogP contribution in [-0.4, -0.2) is 37.8 Å². The van der Waals surface area contributed by atoms with Gasteiger partial charge in [-0.3, -0.25) is 14.3 Å². The van der Waals surface area contributed by atoms with Gasteiger partial charge < -0.3 is 10.4 Å². The molecule has 0 aliphatic heterocycles. The van der Waals surface area contributed by atoms with E-state index in [9.17, 15) is 9.59 Å². The Labute approximate surface area is 141 Å². The van der Waals surface area contributed by atoms with Gasteiger partial charge in [0, 0.05) is 7.05 Å². The van der Waals surface area contributed by atoms with Crippen molar-refractivity contribution < 1.29 is 14.7 Å². The molecular formula is C16H16N4O3S. The van der Waals surface area contributed by atoms with Crippen molar-refractivity contribution in [2.24, 2.45) is 7.05 Å². The number of hydrogen-bond acceptors (Lipinski definition) is 5. The summed E-state index contributed by atoms with van der Waals surface area (Å²) in [6.45, 7) is 3.22. The van der Waals surface area contributed by atoms with Crippen LogP contribution in [0.2, 0.25) is 0 Å². The van der Waals surface area contributed by atoms with Gasteiger partial charge >= 0.3 is 5.97 Å². The fraction of sp³-hybridized carbons (Fsp3) is 0.250. The average Bonchev–Trinajstić information content (AvgIpc) is 3.15. The number of thiophene rings is 1. The Morgan fingerprint density at radius 2 is 2.17 bits per heavy atom. The van der Waals surface area contributed by atoms with Crippen LogP contribution in [0, 0.1) is 6.92 Å². The van der Waals surface area contributed by atoms with E-state index in [2.05, 4.69) is 15.4 Å². The number of aliphatic carboxylic acids is 1. The predicted molar refractivity (Wildman–Crippen MR) is 91.1 cm³/mol. The van der Waals surface area contributed by atoms with E-state index in [0.717, 1.165) is 4.88 Å². The number of carbonyl (C=O) groups excluding carboxylic acids is 1. The number of rotatable bonds is 4. The number of aryl methyl sites for hydroxylation is 2. The van der Waals surface area contributed by atoms with Crippen LogP contribution in [0.1, 0.15) is 23.0 Å². The van der Waals surface area contributed by atoms with Crippen LogP contribution in [-0.2, 0) is 11.8 Å². The molecule has 3 aromatic rings. The zero-order valence-corrected chi connectivity index (χ0v) is 14.2. The van der Waals surface area contributed by atoms with Crippen molar-refractivity contribution in [1.29, 1.82) is 0 Å². The Hall–Kier alpha value is -2.74. The van der Waals surface area contributed by atoms with Gasteiger partial charge in [-0.05, 0) is 31.4 Å². The molecule has 0 aliphatic rings. The van der Waals surface area contributed by atoms with Gasteiger partial charge in [0.2, 0.25) is 0 Å². The molecule has 0 aliphatic carbocycles. The molecule has 3 heterocycles. The van der Waals surface area contributed by atoms with Crippen LogP contribution in [0.3, 0.4) is 0 Å². The third kappa shape index (κ3) is 2.76. The fourth-order valence-corrected chi connectivity index (χ4v) is 3.20. The number of nitrogens with one attached hydrogen (secondary N) is 1. The summed E-state index contributed by atoms with van der Waals surface area (Å²) in [5, 5.41) is 18.4. The molecule has 0 bridgehead atoms. The number of pyridine rings is 1. The highest BCUT2D eigenvalue weighted by atomic mass is 32.1. The molecule has 1 atom stereocenters. The lowest BCUT2D eigenvalue weighted by molar-refractivity contribution is -0.138. The summed E-state index contributed by atoms with van der Waals surface area (Å²) in [6.07, 6.45) is 0. The monoisotopic (exact) mass is 344 g/mol. The SMILES string of the molecule is Cc1nn(C)c2nc(-c3cccs3)cc(C(=O)N[C@@H](C)C(=O)O)c12. The number of carboxylic acid groups (broad SMARTS) is 1. The van der Waals surface area contributed by atoms with E-state index in [-0.39, 0.29) is 0 Å². The van der Waals surface area contributed by atoms with Gasteiger partial charge in [0.05, 0.1) is 27.2 Å². The second-order valence-electron chi connectivity index (χ2n) is 5.47. The summed E-state index contributed by atoms with van der Waals surface area (Å²) in [4.78, 5) is 29.2. The minimum absolute atomic E-state index is 0.377. The predicted octanol–water partition coefficient (Wildman–Crippen LogP) is 2.21. The van der Waals surface area contributed by atoms with Crippen molar-refractivity contribution in [1.82, 2.24) is 20.1 Å². The Morgan fingerprint density at radius 1 is 1.42 bits per heavy atom. The molecule has 8 heteroatoms. The molecule has 0 unspecified atom stereocenters. The Balaban J connectivity index is 2.17. The van der Waals surface area contributed by atoms with Gasteiger partial charge in [-0.1, -0.05) is 6.07 Å². The summed E-state index contributed by atoms with van der Waals surface area (Å²) < 4.78 is 1.62. The third-order valence-corrected chi connectivity index (χ3v) is 4.60. The van der Waals surface area contributed by atoms with Crippen LogP contribution >= 0.6 is 11.3 Å². The fourth-order valence-electron chi connectivity index (χ4n) is 2.51. The van der Waals surface area contributed by atoms with Crippen LogP contribution in [0.4, 0.5) is 0 Å². The summed E-state index contributed by atoms with van der Waals surface area (Å²) in [7, 11) is 1.77. The Morgan fingerprint density at radius 3 is 2.79 bits per heavy atom. The standard InChI is InChI=1S/C16H16N4O3S/c1-8-13-10(15(21)17-9(2)16(22)23)7-11(12-5-4-6-24-12)18-14(13)20(3)19-8/h4-7,9H,1-3H3,(H,17,21)(H,22,23)/t9-/m0/s1. The summed E-state index contributed by atoms with van der Waals surface area (Å²) in [6, 6.07) is 4.53. The first-order chi connectivity index (χ1) is 11.4. The number of fused-ring (bicyclic) bond motifs is 1. The number of carbonyl (C=O) groups is 2. The number of aromatic nitrogens is 3. The molecule has 0 spiro atoms. The van der Waals surface area contributed by atoms with Crippen molar-refractivity contribution in [3.05, 3.63) is 34.8 Å². The maximum atomic E-state index is 12.6. The topological polar surface area (TPSA) is 97.1 Å². The van der Waals surface area contributed by atoms with E-state index >= 15 is 0 Å². The Bertz CT molecular complexity index is 931. The molecule has 3 rings (SSSR count). The van der Waals surface area contributed by atoms with Crippen molar-refractivity contribution in [3.8, 4) is 10.6 Å². The number of hydrogen-bond donors (Lipinski definition) is 2. The number of amides is 1. The van der Waals surface area contributed by atoms with Gasteiger partial charge in [0.15, 0.2) is 5.65 Å². The highest BCUT2D eigenvalue weighted by Gasteiger charge is 2.22. The zero-order valence-electron chi connectivity index (χ0n) is 13.4. The van der Waals surface area contributed by atoms with E-state index < -0.39 is 17.9 Å². The third-order valence-electron chi connectivity index (χ3n) is 3.70. The second-order valence-corrected chi connectivity index (χ2v) is 6.42. The van der Waals surface area contributed by atoms with Crippen LogP contribution in [0.5, 0.6) is 0 Å². The molecule has 0 fully saturated rings.